The minimum atomic E-state index is -0.805. The summed E-state index contributed by atoms with van der Waals surface area (Å²) in [7, 11) is 0. The molecule has 1 fully saturated rings. The molecule has 1 atom stereocenters. The summed E-state index contributed by atoms with van der Waals surface area (Å²) < 4.78 is 1.77. The molecule has 1 N–H and O–H groups in total. The highest BCUT2D eigenvalue weighted by Crippen LogP contribution is 2.26. The van der Waals surface area contributed by atoms with Crippen LogP contribution in [-0.2, 0) is 17.9 Å². The van der Waals surface area contributed by atoms with Gasteiger partial charge in [-0.05, 0) is 19.8 Å². The summed E-state index contributed by atoms with van der Waals surface area (Å²) in [4.78, 5) is 29.5. The molecular formula is C12H19N5O2. The first kappa shape index (κ1) is 13.5. The maximum Gasteiger partial charge on any atom is 0.325 e. The molecule has 1 aliphatic heterocycles. The molecule has 0 aliphatic carbocycles. The second-order valence-corrected chi connectivity index (χ2v) is 4.87. The van der Waals surface area contributed by atoms with E-state index in [1.165, 1.54) is 11.2 Å². The summed E-state index contributed by atoms with van der Waals surface area (Å²) in [5.41, 5.74) is -0.805. The van der Waals surface area contributed by atoms with Crippen molar-refractivity contribution >= 4 is 11.9 Å². The van der Waals surface area contributed by atoms with Gasteiger partial charge in [-0.2, -0.15) is 5.10 Å². The SMILES string of the molecule is CCCn1ncnc1CN1C(=O)NC(=O)C1(C)CC. The second-order valence-electron chi connectivity index (χ2n) is 4.87. The Bertz CT molecular complexity index is 498. The summed E-state index contributed by atoms with van der Waals surface area (Å²) in [6.45, 7) is 6.76. The molecule has 1 unspecified atom stereocenters. The molecule has 1 saturated heterocycles. The van der Waals surface area contributed by atoms with Gasteiger partial charge in [0.05, 0.1) is 6.54 Å². The molecule has 0 aromatic carbocycles. The lowest BCUT2D eigenvalue weighted by Gasteiger charge is -2.30. The minimum Gasteiger partial charge on any atom is -0.302 e. The Morgan fingerprint density at radius 1 is 1.37 bits per heavy atom. The topological polar surface area (TPSA) is 80.1 Å². The van der Waals surface area contributed by atoms with E-state index in [1.807, 2.05) is 13.8 Å². The van der Waals surface area contributed by atoms with Crippen LogP contribution in [0.3, 0.4) is 0 Å². The van der Waals surface area contributed by atoms with Crippen molar-refractivity contribution in [3.8, 4) is 0 Å². The third-order valence-corrected chi connectivity index (χ3v) is 3.67. The Hall–Kier alpha value is -1.92. The quantitative estimate of drug-likeness (QED) is 0.802. The summed E-state index contributed by atoms with van der Waals surface area (Å²) >= 11 is 0. The Morgan fingerprint density at radius 2 is 2.11 bits per heavy atom. The van der Waals surface area contributed by atoms with Gasteiger partial charge >= 0.3 is 6.03 Å². The fourth-order valence-corrected chi connectivity index (χ4v) is 2.19. The third-order valence-electron chi connectivity index (χ3n) is 3.67. The molecule has 1 aromatic rings. The Kier molecular flexibility index (Phi) is 3.55. The summed E-state index contributed by atoms with van der Waals surface area (Å²) in [6, 6.07) is -0.361. The number of nitrogens with zero attached hydrogens (tertiary/aromatic N) is 4. The summed E-state index contributed by atoms with van der Waals surface area (Å²) in [6.07, 6.45) is 2.98. The molecule has 1 aromatic heterocycles. The van der Waals surface area contributed by atoms with E-state index in [0.717, 1.165) is 13.0 Å². The van der Waals surface area contributed by atoms with Gasteiger partial charge in [0.1, 0.15) is 17.7 Å². The first-order chi connectivity index (χ1) is 9.02. The molecule has 0 bridgehead atoms. The van der Waals surface area contributed by atoms with Crippen molar-refractivity contribution in [1.29, 1.82) is 0 Å². The van der Waals surface area contributed by atoms with Gasteiger partial charge in [-0.3, -0.25) is 10.1 Å². The average molecular weight is 265 g/mol. The van der Waals surface area contributed by atoms with Crippen molar-refractivity contribution in [1.82, 2.24) is 25.0 Å². The van der Waals surface area contributed by atoms with Crippen molar-refractivity contribution in [2.45, 2.75) is 52.2 Å². The number of urea groups is 1. The second kappa shape index (κ2) is 4.99. The maximum absolute atomic E-state index is 11.9. The van der Waals surface area contributed by atoms with Crippen LogP contribution in [0.25, 0.3) is 0 Å². The van der Waals surface area contributed by atoms with Gasteiger partial charge in [0.25, 0.3) is 5.91 Å². The largest absolute Gasteiger partial charge is 0.325 e. The van der Waals surface area contributed by atoms with E-state index in [9.17, 15) is 9.59 Å². The van der Waals surface area contributed by atoms with Crippen molar-refractivity contribution in [3.05, 3.63) is 12.2 Å². The Balaban J connectivity index is 2.24. The molecule has 7 heteroatoms. The molecule has 19 heavy (non-hydrogen) atoms. The van der Waals surface area contributed by atoms with Crippen molar-refractivity contribution < 1.29 is 9.59 Å². The molecule has 3 amide bonds. The van der Waals surface area contributed by atoms with E-state index in [4.69, 9.17) is 0 Å². The van der Waals surface area contributed by atoms with Gasteiger partial charge < -0.3 is 4.90 Å². The van der Waals surface area contributed by atoms with Crippen LogP contribution in [0.15, 0.2) is 6.33 Å². The van der Waals surface area contributed by atoms with Crippen LogP contribution in [0, 0.1) is 0 Å². The van der Waals surface area contributed by atoms with Gasteiger partial charge in [0.15, 0.2) is 0 Å². The van der Waals surface area contributed by atoms with E-state index in [-0.39, 0.29) is 11.9 Å². The molecule has 104 valence electrons. The molecular weight excluding hydrogens is 246 g/mol. The van der Waals surface area contributed by atoms with Crippen molar-refractivity contribution in [2.24, 2.45) is 0 Å². The van der Waals surface area contributed by atoms with Gasteiger partial charge in [0, 0.05) is 6.54 Å². The monoisotopic (exact) mass is 265 g/mol. The lowest BCUT2D eigenvalue weighted by Crippen LogP contribution is -2.46. The lowest BCUT2D eigenvalue weighted by atomic mass is 9.97. The van der Waals surface area contributed by atoms with E-state index in [0.29, 0.717) is 18.8 Å². The van der Waals surface area contributed by atoms with Crippen LogP contribution in [0.2, 0.25) is 0 Å². The first-order valence-electron chi connectivity index (χ1n) is 6.52. The Morgan fingerprint density at radius 3 is 2.74 bits per heavy atom. The number of carbonyl (C=O) groups is 2. The summed E-state index contributed by atoms with van der Waals surface area (Å²) in [5, 5.41) is 6.49. The highest BCUT2D eigenvalue weighted by atomic mass is 16.2. The smallest absolute Gasteiger partial charge is 0.302 e. The molecule has 0 saturated carbocycles. The number of amides is 3. The zero-order valence-electron chi connectivity index (χ0n) is 11.5. The normalized spacial score (nSPS) is 23.0. The fourth-order valence-electron chi connectivity index (χ4n) is 2.19. The molecule has 2 heterocycles. The Labute approximate surface area is 112 Å². The molecule has 1 aliphatic rings. The zero-order chi connectivity index (χ0) is 14.0. The third kappa shape index (κ3) is 2.20. The van der Waals surface area contributed by atoms with E-state index in [1.54, 1.807) is 11.6 Å². The van der Waals surface area contributed by atoms with Gasteiger partial charge in [-0.25, -0.2) is 14.5 Å². The van der Waals surface area contributed by atoms with Crippen LogP contribution < -0.4 is 5.32 Å². The number of imide groups is 1. The number of hydrogen-bond acceptors (Lipinski definition) is 4. The highest BCUT2D eigenvalue weighted by molar-refractivity contribution is 6.06. The van der Waals surface area contributed by atoms with E-state index >= 15 is 0 Å². The lowest BCUT2D eigenvalue weighted by molar-refractivity contribution is -0.126. The average Bonchev–Trinajstić information content (AvgIpc) is 2.90. The van der Waals surface area contributed by atoms with Gasteiger partial charge in [-0.1, -0.05) is 13.8 Å². The number of aryl methyl sites for hydroxylation is 1. The van der Waals surface area contributed by atoms with Crippen molar-refractivity contribution in [3.63, 3.8) is 0 Å². The van der Waals surface area contributed by atoms with E-state index in [2.05, 4.69) is 15.4 Å². The van der Waals surface area contributed by atoms with Crippen LogP contribution in [0.5, 0.6) is 0 Å². The fraction of sp³-hybridized carbons (Fsp3) is 0.667. The zero-order valence-corrected chi connectivity index (χ0v) is 11.5. The van der Waals surface area contributed by atoms with Crippen LogP contribution >= 0.6 is 0 Å². The predicted molar refractivity (Wildman–Crippen MR) is 68.1 cm³/mol. The highest BCUT2D eigenvalue weighted by Gasteiger charge is 2.48. The van der Waals surface area contributed by atoms with Crippen LogP contribution in [-0.4, -0.2) is 37.1 Å². The number of hydrogen-bond donors (Lipinski definition) is 1. The van der Waals surface area contributed by atoms with Crippen LogP contribution in [0.4, 0.5) is 4.79 Å². The number of aromatic nitrogens is 3. The summed E-state index contributed by atoms with van der Waals surface area (Å²) in [5.74, 6) is 0.452. The van der Waals surface area contributed by atoms with Crippen molar-refractivity contribution in [2.75, 3.05) is 0 Å². The molecule has 2 rings (SSSR count). The standard InChI is InChI=1S/C12H19N5O2/c1-4-6-17-9(13-8-14-17)7-16-11(19)15-10(18)12(16,3)5-2/h8H,4-7H2,1-3H3,(H,15,18,19). The number of nitrogens with one attached hydrogen (secondary N) is 1. The number of rotatable bonds is 5. The molecule has 0 spiro atoms. The predicted octanol–water partition coefficient (Wildman–Crippen LogP) is 0.909. The van der Waals surface area contributed by atoms with Gasteiger partial charge in [-0.15, -0.1) is 0 Å². The van der Waals surface area contributed by atoms with Crippen LogP contribution in [0.1, 0.15) is 39.4 Å². The maximum atomic E-state index is 11.9. The van der Waals surface area contributed by atoms with E-state index < -0.39 is 5.54 Å². The molecule has 7 nitrogen and oxygen atoms in total. The minimum absolute atomic E-state index is 0.249. The van der Waals surface area contributed by atoms with Gasteiger partial charge in [0.2, 0.25) is 0 Å². The number of carbonyl (C=O) groups excluding carboxylic acids is 2. The molecule has 0 radical (unpaired) electrons. The first-order valence-corrected chi connectivity index (χ1v) is 6.52.